The van der Waals surface area contributed by atoms with Crippen molar-refractivity contribution in [3.05, 3.63) is 71.5 Å². The van der Waals surface area contributed by atoms with Gasteiger partial charge in [-0.2, -0.15) is 0 Å². The van der Waals surface area contributed by atoms with Crippen LogP contribution in [0.1, 0.15) is 16.7 Å². The number of hydrogen-bond acceptors (Lipinski definition) is 4. The first-order chi connectivity index (χ1) is 12.6. The molecule has 0 unspecified atom stereocenters. The molecule has 4 heteroatoms. The van der Waals surface area contributed by atoms with E-state index in [1.165, 1.54) is 5.56 Å². The second-order valence-corrected chi connectivity index (χ2v) is 6.21. The third-order valence-electron chi connectivity index (χ3n) is 4.24. The summed E-state index contributed by atoms with van der Waals surface area (Å²) in [5, 5.41) is 0. The summed E-state index contributed by atoms with van der Waals surface area (Å²) in [5.41, 5.74) is 5.40. The van der Waals surface area contributed by atoms with E-state index in [0.29, 0.717) is 18.1 Å². The number of ether oxygens (including phenoxy) is 3. The fraction of sp³-hybridized carbons (Fsp3) is 0.227. The monoisotopic (exact) mass is 349 g/mol. The Kier molecular flexibility index (Phi) is 5.42. The predicted octanol–water partition coefficient (Wildman–Crippen LogP) is 4.96. The number of rotatable bonds is 6. The van der Waals surface area contributed by atoms with E-state index in [4.69, 9.17) is 14.2 Å². The van der Waals surface area contributed by atoms with E-state index in [0.717, 1.165) is 28.0 Å². The van der Waals surface area contributed by atoms with E-state index in [1.807, 2.05) is 36.7 Å². The van der Waals surface area contributed by atoms with Crippen LogP contribution >= 0.6 is 0 Å². The first-order valence-electron chi connectivity index (χ1n) is 8.47. The third-order valence-corrected chi connectivity index (χ3v) is 4.24. The van der Waals surface area contributed by atoms with Gasteiger partial charge in [0.1, 0.15) is 12.4 Å². The zero-order chi connectivity index (χ0) is 18.5. The molecular weight excluding hydrogens is 326 g/mol. The van der Waals surface area contributed by atoms with E-state index < -0.39 is 0 Å². The third kappa shape index (κ3) is 3.97. The summed E-state index contributed by atoms with van der Waals surface area (Å²) in [6, 6.07) is 14.1. The molecule has 0 aliphatic heterocycles. The Balaban J connectivity index is 1.80. The SMILES string of the molecule is COc1ccc(-c2cncc(COc3ccc(C)cc3C)c2)cc1OC. The van der Waals surface area contributed by atoms with Crippen LogP contribution in [0.3, 0.4) is 0 Å². The van der Waals surface area contributed by atoms with Gasteiger partial charge in [-0.25, -0.2) is 0 Å². The number of pyridine rings is 1. The minimum absolute atomic E-state index is 0.470. The molecule has 0 radical (unpaired) electrons. The zero-order valence-corrected chi connectivity index (χ0v) is 15.6. The van der Waals surface area contributed by atoms with Crippen LogP contribution in [-0.2, 0) is 6.61 Å². The van der Waals surface area contributed by atoms with Crippen LogP contribution in [0.4, 0.5) is 0 Å². The molecule has 0 fully saturated rings. The molecule has 2 aromatic carbocycles. The highest BCUT2D eigenvalue weighted by Crippen LogP contribution is 2.32. The maximum Gasteiger partial charge on any atom is 0.161 e. The number of benzene rings is 2. The van der Waals surface area contributed by atoms with Gasteiger partial charge >= 0.3 is 0 Å². The molecule has 0 atom stereocenters. The number of hydrogen-bond donors (Lipinski definition) is 0. The Morgan fingerprint density at radius 1 is 0.769 bits per heavy atom. The molecule has 0 aliphatic carbocycles. The fourth-order valence-corrected chi connectivity index (χ4v) is 2.86. The predicted molar refractivity (Wildman–Crippen MR) is 103 cm³/mol. The summed E-state index contributed by atoms with van der Waals surface area (Å²) in [6.07, 6.45) is 3.66. The Labute approximate surface area is 154 Å². The highest BCUT2D eigenvalue weighted by Gasteiger charge is 2.08. The highest BCUT2D eigenvalue weighted by atomic mass is 16.5. The van der Waals surface area contributed by atoms with Gasteiger partial charge in [0.15, 0.2) is 11.5 Å². The molecule has 3 aromatic rings. The van der Waals surface area contributed by atoms with Crippen molar-refractivity contribution >= 4 is 0 Å². The van der Waals surface area contributed by atoms with Crippen molar-refractivity contribution < 1.29 is 14.2 Å². The van der Waals surface area contributed by atoms with Gasteiger partial charge in [0.25, 0.3) is 0 Å². The summed E-state index contributed by atoms with van der Waals surface area (Å²) >= 11 is 0. The van der Waals surface area contributed by atoms with Gasteiger partial charge in [0.05, 0.1) is 14.2 Å². The van der Waals surface area contributed by atoms with Crippen LogP contribution in [0.15, 0.2) is 54.9 Å². The van der Waals surface area contributed by atoms with E-state index >= 15 is 0 Å². The summed E-state index contributed by atoms with van der Waals surface area (Å²) < 4.78 is 16.6. The largest absolute Gasteiger partial charge is 0.493 e. The molecule has 4 nitrogen and oxygen atoms in total. The van der Waals surface area contributed by atoms with Gasteiger partial charge in [-0.1, -0.05) is 23.8 Å². The van der Waals surface area contributed by atoms with Crippen molar-refractivity contribution in [1.29, 1.82) is 0 Å². The lowest BCUT2D eigenvalue weighted by molar-refractivity contribution is 0.303. The Hall–Kier alpha value is -3.01. The summed E-state index contributed by atoms with van der Waals surface area (Å²) in [5.74, 6) is 2.30. The van der Waals surface area contributed by atoms with Crippen molar-refractivity contribution in [3.63, 3.8) is 0 Å². The average Bonchev–Trinajstić information content (AvgIpc) is 2.67. The maximum atomic E-state index is 5.97. The maximum absolute atomic E-state index is 5.97. The molecule has 0 spiro atoms. The average molecular weight is 349 g/mol. The van der Waals surface area contributed by atoms with Crippen LogP contribution in [-0.4, -0.2) is 19.2 Å². The number of aryl methyl sites for hydroxylation is 2. The molecule has 0 amide bonds. The van der Waals surface area contributed by atoms with Crippen LogP contribution in [0, 0.1) is 13.8 Å². The minimum atomic E-state index is 0.470. The Morgan fingerprint density at radius 2 is 1.54 bits per heavy atom. The van der Waals surface area contributed by atoms with E-state index in [2.05, 4.69) is 37.0 Å². The standard InChI is InChI=1S/C22H23NO3/c1-15-5-7-20(16(2)9-15)26-14-17-10-19(13-23-12-17)18-6-8-21(24-3)22(11-18)25-4/h5-13H,14H2,1-4H3. The summed E-state index contributed by atoms with van der Waals surface area (Å²) in [6.45, 7) is 4.60. The van der Waals surface area contributed by atoms with Gasteiger partial charge in [0, 0.05) is 23.5 Å². The second kappa shape index (κ2) is 7.91. The van der Waals surface area contributed by atoms with Gasteiger partial charge in [-0.05, 0) is 49.2 Å². The van der Waals surface area contributed by atoms with Gasteiger partial charge < -0.3 is 14.2 Å². The molecule has 134 valence electrons. The van der Waals surface area contributed by atoms with Crippen LogP contribution < -0.4 is 14.2 Å². The van der Waals surface area contributed by atoms with Gasteiger partial charge in [0.2, 0.25) is 0 Å². The Bertz CT molecular complexity index is 906. The molecule has 0 bridgehead atoms. The first kappa shape index (κ1) is 17.8. The molecule has 0 saturated carbocycles. The molecule has 26 heavy (non-hydrogen) atoms. The van der Waals surface area contributed by atoms with Crippen molar-refractivity contribution in [2.24, 2.45) is 0 Å². The first-order valence-corrected chi connectivity index (χ1v) is 8.47. The van der Waals surface area contributed by atoms with Crippen molar-refractivity contribution in [1.82, 2.24) is 4.98 Å². The van der Waals surface area contributed by atoms with E-state index in [1.54, 1.807) is 14.2 Å². The lowest BCUT2D eigenvalue weighted by Gasteiger charge is -2.12. The number of aromatic nitrogens is 1. The lowest BCUT2D eigenvalue weighted by Crippen LogP contribution is -1.98. The molecule has 0 saturated heterocycles. The molecule has 0 aliphatic rings. The summed E-state index contributed by atoms with van der Waals surface area (Å²) in [7, 11) is 3.26. The number of methoxy groups -OCH3 is 2. The lowest BCUT2D eigenvalue weighted by atomic mass is 10.1. The van der Waals surface area contributed by atoms with Crippen LogP contribution in [0.25, 0.3) is 11.1 Å². The minimum Gasteiger partial charge on any atom is -0.493 e. The molecule has 0 N–H and O–H groups in total. The van der Waals surface area contributed by atoms with Gasteiger partial charge in [-0.3, -0.25) is 4.98 Å². The van der Waals surface area contributed by atoms with Gasteiger partial charge in [-0.15, -0.1) is 0 Å². The zero-order valence-electron chi connectivity index (χ0n) is 15.6. The fourth-order valence-electron chi connectivity index (χ4n) is 2.86. The summed E-state index contributed by atoms with van der Waals surface area (Å²) in [4.78, 5) is 4.36. The quantitative estimate of drug-likeness (QED) is 0.630. The molecular formula is C22H23NO3. The molecule has 1 aromatic heterocycles. The van der Waals surface area contributed by atoms with Crippen molar-refractivity contribution in [2.45, 2.75) is 20.5 Å². The molecule has 3 rings (SSSR count). The van der Waals surface area contributed by atoms with Crippen LogP contribution in [0.2, 0.25) is 0 Å². The second-order valence-electron chi connectivity index (χ2n) is 6.21. The highest BCUT2D eigenvalue weighted by molar-refractivity contribution is 5.67. The normalized spacial score (nSPS) is 10.5. The number of nitrogens with zero attached hydrogens (tertiary/aromatic N) is 1. The molecule has 1 heterocycles. The smallest absolute Gasteiger partial charge is 0.161 e. The Morgan fingerprint density at radius 3 is 2.27 bits per heavy atom. The van der Waals surface area contributed by atoms with Crippen LogP contribution in [0.5, 0.6) is 17.2 Å². The van der Waals surface area contributed by atoms with E-state index in [-0.39, 0.29) is 0 Å². The van der Waals surface area contributed by atoms with Crippen molar-refractivity contribution in [3.8, 4) is 28.4 Å². The van der Waals surface area contributed by atoms with E-state index in [9.17, 15) is 0 Å². The van der Waals surface area contributed by atoms with Crippen molar-refractivity contribution in [2.75, 3.05) is 14.2 Å². The topological polar surface area (TPSA) is 40.6 Å².